The third-order valence-corrected chi connectivity index (χ3v) is 4.01. The van der Waals surface area contributed by atoms with Crippen LogP contribution in [0.2, 0.25) is 0 Å². The quantitative estimate of drug-likeness (QED) is 0.867. The van der Waals surface area contributed by atoms with Crippen molar-refractivity contribution in [2.75, 3.05) is 19.0 Å². The van der Waals surface area contributed by atoms with Crippen LogP contribution < -0.4 is 10.6 Å². The minimum absolute atomic E-state index is 0.294. The number of anilines is 1. The first-order valence-corrected chi connectivity index (χ1v) is 6.92. The van der Waals surface area contributed by atoms with E-state index in [9.17, 15) is 0 Å². The number of hydrogen-bond acceptors (Lipinski definition) is 4. The topological polar surface area (TPSA) is 70.8 Å². The summed E-state index contributed by atoms with van der Waals surface area (Å²) < 4.78 is 0. The fraction of sp³-hybridized carbons (Fsp3) is 0.571. The number of nitrogens with one attached hydrogen (secondary N) is 1. The molecule has 0 radical (unpaired) electrons. The second-order valence-electron chi connectivity index (χ2n) is 5.74. The Kier molecular flexibility index (Phi) is 2.93. The molecule has 5 nitrogen and oxygen atoms in total. The second kappa shape index (κ2) is 4.49. The van der Waals surface area contributed by atoms with Gasteiger partial charge in [0.1, 0.15) is 11.6 Å². The molecule has 0 aromatic carbocycles. The van der Waals surface area contributed by atoms with Crippen molar-refractivity contribution in [1.82, 2.24) is 15.0 Å². The Morgan fingerprint density at radius 3 is 2.58 bits per heavy atom. The van der Waals surface area contributed by atoms with E-state index in [0.717, 1.165) is 35.6 Å². The van der Waals surface area contributed by atoms with Crippen molar-refractivity contribution in [2.24, 2.45) is 5.73 Å². The minimum Gasteiger partial charge on any atom is -0.363 e. The molecule has 0 bridgehead atoms. The number of H-pyrrole nitrogens is 1. The van der Waals surface area contributed by atoms with E-state index in [-0.39, 0.29) is 5.54 Å². The van der Waals surface area contributed by atoms with Crippen molar-refractivity contribution >= 4 is 17.0 Å². The number of aromatic nitrogens is 3. The molecule has 1 saturated carbocycles. The van der Waals surface area contributed by atoms with E-state index < -0.39 is 0 Å². The lowest BCUT2D eigenvalue weighted by Gasteiger charge is -2.31. The summed E-state index contributed by atoms with van der Waals surface area (Å²) in [6.45, 7) is 0. The van der Waals surface area contributed by atoms with Gasteiger partial charge in [0.15, 0.2) is 5.65 Å². The van der Waals surface area contributed by atoms with Crippen LogP contribution in [0.1, 0.15) is 37.9 Å². The number of nitrogens with two attached hydrogens (primary N) is 1. The van der Waals surface area contributed by atoms with Gasteiger partial charge in [-0.3, -0.25) is 0 Å². The van der Waals surface area contributed by atoms with Crippen molar-refractivity contribution < 1.29 is 0 Å². The average molecular weight is 259 g/mol. The highest BCUT2D eigenvalue weighted by Gasteiger charge is 2.32. The number of hydrogen-bond donors (Lipinski definition) is 2. The van der Waals surface area contributed by atoms with E-state index in [1.165, 1.54) is 19.3 Å². The lowest BCUT2D eigenvalue weighted by atomic mass is 9.82. The highest BCUT2D eigenvalue weighted by molar-refractivity contribution is 5.73. The van der Waals surface area contributed by atoms with Crippen LogP contribution in [0.15, 0.2) is 12.1 Å². The second-order valence-corrected chi connectivity index (χ2v) is 5.74. The lowest BCUT2D eigenvalue weighted by molar-refractivity contribution is 0.289. The summed E-state index contributed by atoms with van der Waals surface area (Å²) in [5.74, 6) is 1.81. The number of nitrogens with zero attached hydrogens (tertiary/aromatic N) is 3. The molecule has 0 saturated heterocycles. The van der Waals surface area contributed by atoms with E-state index in [1.807, 2.05) is 31.1 Å². The zero-order valence-corrected chi connectivity index (χ0v) is 11.6. The maximum Gasteiger partial charge on any atom is 0.179 e. The monoisotopic (exact) mass is 259 g/mol. The average Bonchev–Trinajstić information content (AvgIpc) is 2.83. The normalized spacial score (nSPS) is 18.7. The fourth-order valence-electron chi connectivity index (χ4n) is 2.79. The van der Waals surface area contributed by atoms with Gasteiger partial charge in [0, 0.05) is 14.1 Å². The Labute approximate surface area is 113 Å². The van der Waals surface area contributed by atoms with E-state index in [1.54, 1.807) is 0 Å². The van der Waals surface area contributed by atoms with Crippen LogP contribution in [0.25, 0.3) is 11.2 Å². The van der Waals surface area contributed by atoms with Gasteiger partial charge < -0.3 is 15.6 Å². The van der Waals surface area contributed by atoms with Gasteiger partial charge in [-0.2, -0.15) is 0 Å². The molecule has 1 fully saturated rings. The summed E-state index contributed by atoms with van der Waals surface area (Å²) in [5, 5.41) is 0. The predicted octanol–water partition coefficient (Wildman–Crippen LogP) is 2.14. The Hall–Kier alpha value is -1.62. The number of pyridine rings is 1. The molecule has 0 amide bonds. The number of aromatic amines is 1. The van der Waals surface area contributed by atoms with Crippen molar-refractivity contribution in [3.63, 3.8) is 0 Å². The van der Waals surface area contributed by atoms with Gasteiger partial charge in [-0.25, -0.2) is 9.97 Å². The van der Waals surface area contributed by atoms with Gasteiger partial charge in [-0.15, -0.1) is 0 Å². The van der Waals surface area contributed by atoms with Crippen molar-refractivity contribution in [3.05, 3.63) is 18.0 Å². The van der Waals surface area contributed by atoms with Crippen LogP contribution in [0, 0.1) is 0 Å². The first-order valence-electron chi connectivity index (χ1n) is 6.92. The third-order valence-electron chi connectivity index (χ3n) is 4.01. The fourth-order valence-corrected chi connectivity index (χ4v) is 2.79. The highest BCUT2D eigenvalue weighted by atomic mass is 15.2. The first kappa shape index (κ1) is 12.4. The van der Waals surface area contributed by atoms with Crippen LogP contribution in [0.4, 0.5) is 5.82 Å². The molecule has 0 spiro atoms. The minimum atomic E-state index is -0.294. The molecule has 0 aliphatic heterocycles. The summed E-state index contributed by atoms with van der Waals surface area (Å²) in [6, 6.07) is 4.02. The number of rotatable bonds is 2. The van der Waals surface area contributed by atoms with E-state index >= 15 is 0 Å². The van der Waals surface area contributed by atoms with Crippen molar-refractivity contribution in [3.8, 4) is 0 Å². The highest BCUT2D eigenvalue weighted by Crippen LogP contribution is 2.33. The standard InChI is InChI=1S/C14H21N5/c1-19(2)11-7-6-10-12(17-11)18-13(16-10)14(15)8-4-3-5-9-14/h6-7H,3-5,8-9,15H2,1-2H3,(H,16,17,18). The molecular formula is C14H21N5. The Morgan fingerprint density at radius 1 is 1.16 bits per heavy atom. The lowest BCUT2D eigenvalue weighted by Crippen LogP contribution is -2.39. The molecule has 102 valence electrons. The Bertz CT molecular complexity index is 581. The summed E-state index contributed by atoms with van der Waals surface area (Å²) >= 11 is 0. The molecule has 0 unspecified atom stereocenters. The van der Waals surface area contributed by atoms with Gasteiger partial charge in [0.25, 0.3) is 0 Å². The molecule has 3 rings (SSSR count). The smallest absolute Gasteiger partial charge is 0.179 e. The molecule has 2 heterocycles. The van der Waals surface area contributed by atoms with Gasteiger partial charge >= 0.3 is 0 Å². The number of fused-ring (bicyclic) bond motifs is 1. The van der Waals surface area contributed by atoms with E-state index in [2.05, 4.69) is 15.0 Å². The molecule has 19 heavy (non-hydrogen) atoms. The molecule has 2 aromatic rings. The maximum absolute atomic E-state index is 6.51. The zero-order valence-electron chi connectivity index (χ0n) is 11.6. The first-order chi connectivity index (χ1) is 9.08. The predicted molar refractivity (Wildman–Crippen MR) is 77.2 cm³/mol. The van der Waals surface area contributed by atoms with Gasteiger partial charge in [0.05, 0.1) is 11.1 Å². The molecule has 3 N–H and O–H groups in total. The molecule has 1 aliphatic rings. The maximum atomic E-state index is 6.51. The van der Waals surface area contributed by atoms with Crippen LogP contribution >= 0.6 is 0 Å². The molecule has 5 heteroatoms. The molecule has 2 aromatic heterocycles. The van der Waals surface area contributed by atoms with Gasteiger partial charge in [-0.1, -0.05) is 19.3 Å². The van der Waals surface area contributed by atoms with E-state index in [4.69, 9.17) is 5.73 Å². The Morgan fingerprint density at radius 2 is 1.89 bits per heavy atom. The summed E-state index contributed by atoms with van der Waals surface area (Å²) in [5.41, 5.74) is 7.94. The largest absolute Gasteiger partial charge is 0.363 e. The van der Waals surface area contributed by atoms with E-state index in [0.29, 0.717) is 0 Å². The van der Waals surface area contributed by atoms with Crippen LogP contribution in [0.3, 0.4) is 0 Å². The zero-order chi connectivity index (χ0) is 13.5. The van der Waals surface area contributed by atoms with Crippen LogP contribution in [-0.2, 0) is 5.54 Å². The van der Waals surface area contributed by atoms with Crippen LogP contribution in [-0.4, -0.2) is 29.0 Å². The van der Waals surface area contributed by atoms with Crippen molar-refractivity contribution in [2.45, 2.75) is 37.6 Å². The molecule has 0 atom stereocenters. The third kappa shape index (κ3) is 2.18. The molecule has 1 aliphatic carbocycles. The van der Waals surface area contributed by atoms with Crippen molar-refractivity contribution in [1.29, 1.82) is 0 Å². The summed E-state index contributed by atoms with van der Waals surface area (Å²) in [4.78, 5) is 14.5. The number of imidazole rings is 1. The van der Waals surface area contributed by atoms with Crippen LogP contribution in [0.5, 0.6) is 0 Å². The Balaban J connectivity index is 2.01. The SMILES string of the molecule is CN(C)c1ccc2[nH]c(C3(N)CCCCC3)nc2n1. The summed E-state index contributed by atoms with van der Waals surface area (Å²) in [6.07, 6.45) is 5.66. The van der Waals surface area contributed by atoms with Gasteiger partial charge in [-0.05, 0) is 25.0 Å². The molecular weight excluding hydrogens is 238 g/mol. The van der Waals surface area contributed by atoms with Gasteiger partial charge in [0.2, 0.25) is 0 Å². The summed E-state index contributed by atoms with van der Waals surface area (Å²) in [7, 11) is 3.96.